The van der Waals surface area contributed by atoms with Gasteiger partial charge in [-0.15, -0.1) is 11.3 Å². The molecule has 0 aliphatic heterocycles. The van der Waals surface area contributed by atoms with Gasteiger partial charge in [-0.1, -0.05) is 6.07 Å². The van der Waals surface area contributed by atoms with Gasteiger partial charge in [-0.05, 0) is 12.1 Å². The smallest absolute Gasteiger partial charge is 0.346 e. The number of aromatic amines is 1. The summed E-state index contributed by atoms with van der Waals surface area (Å²) in [6.07, 6.45) is 0. The summed E-state index contributed by atoms with van der Waals surface area (Å²) in [6, 6.07) is 5.01. The number of benzene rings is 2. The Labute approximate surface area is 186 Å². The van der Waals surface area contributed by atoms with E-state index in [4.69, 9.17) is 9.47 Å². The van der Waals surface area contributed by atoms with Crippen molar-refractivity contribution < 1.29 is 32.5 Å². The van der Waals surface area contributed by atoms with Crippen LogP contribution in [0.2, 0.25) is 0 Å². The third-order valence-electron chi connectivity index (χ3n) is 4.75. The summed E-state index contributed by atoms with van der Waals surface area (Å²) >= 11 is 0.727. The summed E-state index contributed by atoms with van der Waals surface area (Å²) in [5.74, 6) is -4.57. The number of carboxylic acids is 1. The molecule has 2 N–H and O–H groups in total. The molecule has 2 aromatic carbocycles. The molecule has 4 aromatic rings. The summed E-state index contributed by atoms with van der Waals surface area (Å²) in [7, 11) is 1.19. The standard InChI is InChI=1S/C21H13F3N2O6S/c1-31-15-5-12(24)14(6-16(15)32-7-9-10(22)3-2-4-11(9)23)26-19(27)17-13(25-21(26)30)8-33-18(17)20(28)29/h2-6,8H,7H2,1H3,(H,25,30)(H,28,29). The Hall–Kier alpha value is -4.06. The normalized spacial score (nSPS) is 11.0. The second-order valence-corrected chi connectivity index (χ2v) is 7.55. The number of fused-ring (bicyclic) bond motifs is 1. The topological polar surface area (TPSA) is 111 Å². The average Bonchev–Trinajstić information content (AvgIpc) is 3.19. The molecular weight excluding hydrogens is 465 g/mol. The number of aromatic nitrogens is 2. The van der Waals surface area contributed by atoms with Crippen LogP contribution in [0.4, 0.5) is 13.2 Å². The van der Waals surface area contributed by atoms with Gasteiger partial charge >= 0.3 is 11.7 Å². The molecule has 0 radical (unpaired) electrons. The van der Waals surface area contributed by atoms with Gasteiger partial charge < -0.3 is 19.6 Å². The molecular formula is C21H13F3N2O6S. The highest BCUT2D eigenvalue weighted by Crippen LogP contribution is 2.32. The predicted octanol–water partition coefficient (Wildman–Crippen LogP) is 3.44. The Balaban J connectivity index is 1.86. The number of halogens is 3. The van der Waals surface area contributed by atoms with Crippen LogP contribution in [-0.2, 0) is 6.61 Å². The number of ether oxygens (including phenoxy) is 2. The number of methoxy groups -OCH3 is 1. The number of aromatic carboxylic acids is 1. The van der Waals surface area contributed by atoms with Crippen LogP contribution in [-0.4, -0.2) is 27.7 Å². The van der Waals surface area contributed by atoms with Gasteiger partial charge in [0.05, 0.1) is 29.3 Å². The molecule has 0 spiro atoms. The van der Waals surface area contributed by atoms with E-state index in [-0.39, 0.29) is 27.3 Å². The van der Waals surface area contributed by atoms with Crippen molar-refractivity contribution in [1.29, 1.82) is 0 Å². The van der Waals surface area contributed by atoms with Crippen molar-refractivity contribution in [2.24, 2.45) is 0 Å². The van der Waals surface area contributed by atoms with Crippen LogP contribution in [0.3, 0.4) is 0 Å². The quantitative estimate of drug-likeness (QED) is 0.439. The van der Waals surface area contributed by atoms with Crippen molar-refractivity contribution in [3.8, 4) is 17.2 Å². The first kappa shape index (κ1) is 22.1. The van der Waals surface area contributed by atoms with E-state index in [0.717, 1.165) is 35.6 Å². The first-order valence-corrected chi connectivity index (χ1v) is 10.0. The van der Waals surface area contributed by atoms with E-state index in [1.807, 2.05) is 0 Å². The van der Waals surface area contributed by atoms with Gasteiger partial charge in [-0.2, -0.15) is 0 Å². The minimum absolute atomic E-state index is 0.0101. The SMILES string of the molecule is COc1cc(F)c(-n2c(=O)[nH]c3csc(C(=O)O)c3c2=O)cc1OCc1c(F)cccc1F. The number of thiophene rings is 1. The fourth-order valence-corrected chi connectivity index (χ4v) is 4.03. The number of nitrogens with one attached hydrogen (secondary N) is 1. The third-order valence-corrected chi connectivity index (χ3v) is 5.72. The number of H-pyrrole nitrogens is 1. The highest BCUT2D eigenvalue weighted by atomic mass is 32.1. The molecule has 2 heterocycles. The lowest BCUT2D eigenvalue weighted by atomic mass is 10.2. The van der Waals surface area contributed by atoms with Gasteiger partial charge in [0.15, 0.2) is 17.3 Å². The van der Waals surface area contributed by atoms with E-state index in [0.29, 0.717) is 4.57 Å². The molecule has 0 fully saturated rings. The Morgan fingerprint density at radius 2 is 1.82 bits per heavy atom. The number of hydrogen-bond donors (Lipinski definition) is 2. The number of nitrogens with zero attached hydrogens (tertiary/aromatic N) is 1. The van der Waals surface area contributed by atoms with Gasteiger partial charge in [0.1, 0.15) is 23.1 Å². The zero-order chi connectivity index (χ0) is 23.9. The maximum absolute atomic E-state index is 14.9. The molecule has 8 nitrogen and oxygen atoms in total. The molecule has 12 heteroatoms. The van der Waals surface area contributed by atoms with E-state index in [1.165, 1.54) is 18.6 Å². The van der Waals surface area contributed by atoms with Gasteiger partial charge in [-0.25, -0.2) is 27.3 Å². The maximum Gasteiger partial charge on any atom is 0.346 e. The predicted molar refractivity (Wildman–Crippen MR) is 112 cm³/mol. The first-order chi connectivity index (χ1) is 15.7. The number of carboxylic acid groups (broad SMARTS) is 1. The number of hydrogen-bond acceptors (Lipinski definition) is 6. The minimum atomic E-state index is -1.39. The van der Waals surface area contributed by atoms with Crippen molar-refractivity contribution in [3.05, 3.63) is 84.4 Å². The molecule has 0 bridgehead atoms. The lowest BCUT2D eigenvalue weighted by molar-refractivity contribution is 0.0704. The van der Waals surface area contributed by atoms with Crippen molar-refractivity contribution in [2.45, 2.75) is 6.61 Å². The molecule has 2 aromatic heterocycles. The van der Waals surface area contributed by atoms with E-state index in [1.54, 1.807) is 0 Å². The van der Waals surface area contributed by atoms with Crippen LogP contribution in [0.15, 0.2) is 45.3 Å². The maximum atomic E-state index is 14.9. The molecule has 4 rings (SSSR count). The van der Waals surface area contributed by atoms with Crippen LogP contribution in [0.5, 0.6) is 11.5 Å². The minimum Gasteiger partial charge on any atom is -0.493 e. The summed E-state index contributed by atoms with van der Waals surface area (Å²) < 4.78 is 53.6. The van der Waals surface area contributed by atoms with E-state index in [9.17, 15) is 32.7 Å². The van der Waals surface area contributed by atoms with E-state index in [2.05, 4.69) is 4.98 Å². The van der Waals surface area contributed by atoms with E-state index < -0.39 is 52.5 Å². The van der Waals surface area contributed by atoms with Crippen molar-refractivity contribution in [3.63, 3.8) is 0 Å². The second-order valence-electron chi connectivity index (χ2n) is 6.67. The second kappa shape index (κ2) is 8.47. The van der Waals surface area contributed by atoms with Gasteiger partial charge in [0.2, 0.25) is 0 Å². The van der Waals surface area contributed by atoms with Crippen LogP contribution in [0.25, 0.3) is 16.6 Å². The summed E-state index contributed by atoms with van der Waals surface area (Å²) in [4.78, 5) is 39.0. The Morgan fingerprint density at radius 1 is 1.12 bits per heavy atom. The van der Waals surface area contributed by atoms with Crippen LogP contribution < -0.4 is 20.7 Å². The van der Waals surface area contributed by atoms with Crippen molar-refractivity contribution >= 4 is 28.2 Å². The Bertz CT molecular complexity index is 1500. The monoisotopic (exact) mass is 478 g/mol. The van der Waals surface area contributed by atoms with Crippen molar-refractivity contribution in [1.82, 2.24) is 9.55 Å². The molecule has 0 aliphatic carbocycles. The number of carbonyl (C=O) groups is 1. The molecule has 0 unspecified atom stereocenters. The lowest BCUT2D eigenvalue weighted by Crippen LogP contribution is -2.34. The highest BCUT2D eigenvalue weighted by Gasteiger charge is 2.22. The van der Waals surface area contributed by atoms with Crippen LogP contribution in [0, 0.1) is 17.5 Å². The molecule has 0 atom stereocenters. The third kappa shape index (κ3) is 3.84. The molecule has 33 heavy (non-hydrogen) atoms. The Kier molecular flexibility index (Phi) is 5.68. The highest BCUT2D eigenvalue weighted by molar-refractivity contribution is 7.13. The van der Waals surface area contributed by atoms with Crippen LogP contribution >= 0.6 is 11.3 Å². The largest absolute Gasteiger partial charge is 0.493 e. The number of rotatable bonds is 6. The molecule has 0 aliphatic rings. The summed E-state index contributed by atoms with van der Waals surface area (Å²) in [6.45, 7) is -0.599. The van der Waals surface area contributed by atoms with Crippen molar-refractivity contribution in [2.75, 3.05) is 7.11 Å². The zero-order valence-corrected chi connectivity index (χ0v) is 17.5. The molecule has 0 saturated heterocycles. The molecule has 0 saturated carbocycles. The molecule has 0 amide bonds. The fourth-order valence-electron chi connectivity index (χ4n) is 3.20. The summed E-state index contributed by atoms with van der Waals surface area (Å²) in [5, 5.41) is 10.3. The summed E-state index contributed by atoms with van der Waals surface area (Å²) in [5.41, 5.74) is -3.08. The average molecular weight is 478 g/mol. The first-order valence-electron chi connectivity index (χ1n) is 9.16. The lowest BCUT2D eigenvalue weighted by Gasteiger charge is -2.14. The Morgan fingerprint density at radius 3 is 2.45 bits per heavy atom. The van der Waals surface area contributed by atoms with Gasteiger partial charge in [0.25, 0.3) is 5.56 Å². The van der Waals surface area contributed by atoms with Gasteiger partial charge in [0, 0.05) is 17.5 Å². The molecule has 170 valence electrons. The zero-order valence-electron chi connectivity index (χ0n) is 16.6. The van der Waals surface area contributed by atoms with Crippen LogP contribution in [0.1, 0.15) is 15.2 Å². The fraction of sp³-hybridized carbons (Fsp3) is 0.0952. The van der Waals surface area contributed by atoms with Gasteiger partial charge in [-0.3, -0.25) is 4.79 Å². The van der Waals surface area contributed by atoms with E-state index >= 15 is 0 Å².